The van der Waals surface area contributed by atoms with Gasteiger partial charge in [-0.3, -0.25) is 19.6 Å². The number of nitrogens with two attached hydrogens (primary N) is 1. The molecule has 0 radical (unpaired) electrons. The van der Waals surface area contributed by atoms with Gasteiger partial charge in [-0.15, -0.1) is 0 Å². The van der Waals surface area contributed by atoms with Crippen molar-refractivity contribution in [3.8, 4) is 0 Å². The van der Waals surface area contributed by atoms with E-state index < -0.39 is 29.7 Å². The Morgan fingerprint density at radius 3 is 2.09 bits per heavy atom. The molecule has 9 nitrogen and oxygen atoms in total. The van der Waals surface area contributed by atoms with Crippen molar-refractivity contribution in [2.24, 2.45) is 11.7 Å². The van der Waals surface area contributed by atoms with Crippen molar-refractivity contribution in [2.45, 2.75) is 72.4 Å². The summed E-state index contributed by atoms with van der Waals surface area (Å²) in [7, 11) is 1.54. The molecular weight excluding hydrogens is 438 g/mol. The molecule has 0 spiro atoms. The van der Waals surface area contributed by atoms with Crippen molar-refractivity contribution in [2.75, 3.05) is 26.9 Å². The largest absolute Gasteiger partial charge is 0.382 e. The summed E-state index contributed by atoms with van der Waals surface area (Å²) in [5, 5.41) is 12.7. The lowest BCUT2D eigenvalue weighted by molar-refractivity contribution is -0.247. The number of rotatable bonds is 15. The molecule has 2 amide bonds. The van der Waals surface area contributed by atoms with Gasteiger partial charge >= 0.3 is 0 Å². The normalized spacial score (nSPS) is 12.2. The summed E-state index contributed by atoms with van der Waals surface area (Å²) in [5.74, 6) is -1.45. The third-order valence-electron chi connectivity index (χ3n) is 4.00. The van der Waals surface area contributed by atoms with E-state index in [-0.39, 0.29) is 17.3 Å². The molecule has 34 heavy (non-hydrogen) atoms. The number of methoxy groups -OCH3 is 1. The molecule has 9 heteroatoms. The summed E-state index contributed by atoms with van der Waals surface area (Å²) in [6.07, 6.45) is 7.51. The lowest BCUT2D eigenvalue weighted by atomic mass is 9.99. The van der Waals surface area contributed by atoms with Gasteiger partial charge in [-0.1, -0.05) is 65.5 Å². The Balaban J connectivity index is -0.000000172. The zero-order chi connectivity index (χ0) is 26.9. The van der Waals surface area contributed by atoms with Crippen LogP contribution in [0.4, 0.5) is 0 Å². The number of allylic oxidation sites excluding steroid dienone is 3. The van der Waals surface area contributed by atoms with E-state index in [0.29, 0.717) is 31.1 Å². The zero-order valence-electron chi connectivity index (χ0n) is 21.9. The number of Topliss-reactive ketones (excluding diaryl/α,β-unsaturated/α-hetero) is 1. The number of nitrogens with one attached hydrogen (secondary N) is 2. The van der Waals surface area contributed by atoms with Crippen LogP contribution in [0.2, 0.25) is 0 Å². The molecule has 5 N–H and O–H groups in total. The number of carbonyl (C=O) groups is 3. The van der Waals surface area contributed by atoms with Gasteiger partial charge in [0.05, 0.1) is 12.6 Å². The minimum Gasteiger partial charge on any atom is -0.382 e. The summed E-state index contributed by atoms with van der Waals surface area (Å²) >= 11 is 0. The zero-order valence-corrected chi connectivity index (χ0v) is 21.9. The maximum Gasteiger partial charge on any atom is 0.289 e. The average molecular weight is 492 g/mol. The van der Waals surface area contributed by atoms with Gasteiger partial charge in [-0.25, -0.2) is 4.89 Å². The Morgan fingerprint density at radius 2 is 1.71 bits per heavy atom. The van der Waals surface area contributed by atoms with Crippen LogP contribution < -0.4 is 16.4 Å². The van der Waals surface area contributed by atoms with Crippen LogP contribution in [0.5, 0.6) is 0 Å². The minimum absolute atomic E-state index is 0. The van der Waals surface area contributed by atoms with Crippen LogP contribution in [0, 0.1) is 5.92 Å². The molecule has 0 aromatic carbocycles. The molecule has 0 heterocycles. The van der Waals surface area contributed by atoms with Crippen molar-refractivity contribution in [3.63, 3.8) is 0 Å². The molecule has 1 unspecified atom stereocenters. The first-order valence-corrected chi connectivity index (χ1v) is 11.7. The lowest BCUT2D eigenvalue weighted by Gasteiger charge is -2.20. The summed E-state index contributed by atoms with van der Waals surface area (Å²) in [5.41, 5.74) is 6.58. The molecule has 0 saturated carbocycles. The molecule has 0 rings (SSSR count). The number of ketones is 1. The first-order valence-electron chi connectivity index (χ1n) is 11.7. The molecule has 0 aliphatic heterocycles. The van der Waals surface area contributed by atoms with E-state index in [2.05, 4.69) is 47.3 Å². The van der Waals surface area contributed by atoms with Gasteiger partial charge < -0.3 is 21.1 Å². The summed E-state index contributed by atoms with van der Waals surface area (Å²) < 4.78 is 4.50. The molecule has 0 aliphatic carbocycles. The van der Waals surface area contributed by atoms with E-state index in [9.17, 15) is 14.4 Å². The highest BCUT2D eigenvalue weighted by Gasteiger charge is 2.28. The SMILES string of the molecule is C=C/C=C(\C=C)CC(NC(=O)[C@@H](N)CCC(C)C)C(=O)C(=O)NCC.CCC.COCCOO.[HH].[HH].[HH]. The maximum atomic E-state index is 12.4. The Bertz CT molecular complexity index is 616. The Hall–Kier alpha value is -2.33. The second-order valence-corrected chi connectivity index (χ2v) is 7.78. The maximum absolute atomic E-state index is 12.4. The van der Waals surface area contributed by atoms with Gasteiger partial charge in [0.1, 0.15) is 12.6 Å². The van der Waals surface area contributed by atoms with Crippen molar-refractivity contribution in [3.05, 3.63) is 37.0 Å². The van der Waals surface area contributed by atoms with Gasteiger partial charge in [0, 0.05) is 24.4 Å². The number of hydrogen-bond acceptors (Lipinski definition) is 7. The number of likely N-dealkylation sites (N-methyl/N-ethyl adjacent to an activating group) is 1. The highest BCUT2D eigenvalue weighted by Crippen LogP contribution is 2.10. The number of hydrogen-bond donors (Lipinski definition) is 4. The van der Waals surface area contributed by atoms with E-state index >= 15 is 0 Å². The fourth-order valence-corrected chi connectivity index (χ4v) is 2.27. The summed E-state index contributed by atoms with van der Waals surface area (Å²) in [4.78, 5) is 40.2. The van der Waals surface area contributed by atoms with Crippen LogP contribution in [0.1, 0.15) is 64.6 Å². The van der Waals surface area contributed by atoms with Gasteiger partial charge in [-0.05, 0) is 31.3 Å². The van der Waals surface area contributed by atoms with Gasteiger partial charge in [0.2, 0.25) is 11.7 Å². The van der Waals surface area contributed by atoms with Crippen molar-refractivity contribution in [1.82, 2.24) is 10.6 Å². The van der Waals surface area contributed by atoms with E-state index in [1.54, 1.807) is 32.3 Å². The molecule has 0 bridgehead atoms. The van der Waals surface area contributed by atoms with Crippen LogP contribution >= 0.6 is 0 Å². The van der Waals surface area contributed by atoms with Crippen LogP contribution in [-0.4, -0.2) is 61.8 Å². The van der Waals surface area contributed by atoms with Crippen LogP contribution in [0.3, 0.4) is 0 Å². The molecule has 0 saturated heterocycles. The van der Waals surface area contributed by atoms with E-state index in [4.69, 9.17) is 11.0 Å². The van der Waals surface area contributed by atoms with Crippen LogP contribution in [0.15, 0.2) is 37.0 Å². The monoisotopic (exact) mass is 491 g/mol. The molecule has 2 atom stereocenters. The highest BCUT2D eigenvalue weighted by molar-refractivity contribution is 6.38. The van der Waals surface area contributed by atoms with E-state index in [1.165, 1.54) is 6.42 Å². The first-order chi connectivity index (χ1) is 16.1. The van der Waals surface area contributed by atoms with Crippen molar-refractivity contribution < 1.29 is 33.5 Å². The molecular formula is C25H53N3O6. The second kappa shape index (κ2) is 25.3. The topological polar surface area (TPSA) is 140 Å². The van der Waals surface area contributed by atoms with Gasteiger partial charge in [0.15, 0.2) is 0 Å². The molecule has 0 aliphatic rings. The predicted molar refractivity (Wildman–Crippen MR) is 144 cm³/mol. The average Bonchev–Trinajstić information content (AvgIpc) is 2.80. The standard InChI is InChI=1S/C19H31N3O3.C3H8O3.C3H8.3H2/c1-6-9-14(7-2)12-16(17(23)19(25)21-8-3)22-18(24)15(20)11-10-13(4)5;1-5-2-3-6-4;1-3-2;;;/h6-7,9,13,15-16H,1-2,8,10-12,20H2,3-5H3,(H,21,25)(H,22,24);4H,2-3H2,1H3;3H2,1-2H3;3*1H/b14-9+;;;;;/t15-,16?;;;;;/m0...../s1. The van der Waals surface area contributed by atoms with Crippen molar-refractivity contribution >= 4 is 17.6 Å². The molecule has 0 aromatic rings. The van der Waals surface area contributed by atoms with E-state index in [0.717, 1.165) is 6.42 Å². The first kappa shape index (κ1) is 36.2. The third kappa shape index (κ3) is 21.5. The van der Waals surface area contributed by atoms with E-state index in [1.807, 2.05) is 13.8 Å². The summed E-state index contributed by atoms with van der Waals surface area (Å²) in [6, 6.07) is -1.71. The van der Waals surface area contributed by atoms with Crippen LogP contribution in [-0.2, 0) is 24.0 Å². The smallest absolute Gasteiger partial charge is 0.289 e. The van der Waals surface area contributed by atoms with Crippen LogP contribution in [0.25, 0.3) is 0 Å². The fourth-order valence-electron chi connectivity index (χ4n) is 2.27. The quantitative estimate of drug-likeness (QED) is 0.0895. The Morgan fingerprint density at radius 1 is 1.12 bits per heavy atom. The molecule has 0 aromatic heterocycles. The van der Waals surface area contributed by atoms with Crippen molar-refractivity contribution in [1.29, 1.82) is 0 Å². The number of carbonyl (C=O) groups excluding carboxylic acids is 3. The third-order valence-corrected chi connectivity index (χ3v) is 4.00. The summed E-state index contributed by atoms with van der Waals surface area (Å²) in [6.45, 7) is 18.3. The number of amides is 2. The highest BCUT2D eigenvalue weighted by atomic mass is 17.1. The Kier molecular flexibility index (Phi) is 27.0. The molecule has 204 valence electrons. The predicted octanol–water partition coefficient (Wildman–Crippen LogP) is 3.91. The van der Waals surface area contributed by atoms with Gasteiger partial charge in [0.25, 0.3) is 5.91 Å². The fraction of sp³-hybridized carbons (Fsp3) is 0.640. The minimum atomic E-state index is -0.992. The Labute approximate surface area is 210 Å². The second-order valence-electron chi connectivity index (χ2n) is 7.78. The number of ether oxygens (including phenoxy) is 1. The van der Waals surface area contributed by atoms with Gasteiger partial charge in [-0.2, -0.15) is 0 Å². The lowest BCUT2D eigenvalue weighted by Crippen LogP contribution is -2.52. The molecule has 0 fully saturated rings.